The maximum Gasteiger partial charge on any atom is 0.108 e. The van der Waals surface area contributed by atoms with Gasteiger partial charge in [0, 0.05) is 11.1 Å². The van der Waals surface area contributed by atoms with Gasteiger partial charge in [-0.05, 0) is 25.2 Å². The lowest BCUT2D eigenvalue weighted by Crippen LogP contribution is -1.73. The zero-order valence-corrected chi connectivity index (χ0v) is 9.59. The lowest BCUT2D eigenvalue weighted by atomic mass is 10.2. The van der Waals surface area contributed by atoms with Crippen molar-refractivity contribution < 1.29 is 5.11 Å². The van der Waals surface area contributed by atoms with Crippen LogP contribution >= 0.6 is 0 Å². The van der Waals surface area contributed by atoms with Gasteiger partial charge in [0.15, 0.2) is 0 Å². The highest BCUT2D eigenvalue weighted by Crippen LogP contribution is 1.98. The first-order chi connectivity index (χ1) is 7.41. The Balaban J connectivity index is 4.40. The third-order valence-electron chi connectivity index (χ3n) is 1.43. The van der Waals surface area contributed by atoms with Crippen molar-refractivity contribution in [3.05, 3.63) is 73.1 Å². The van der Waals surface area contributed by atoms with E-state index in [2.05, 4.69) is 38.2 Å². The van der Waals surface area contributed by atoms with Gasteiger partial charge >= 0.3 is 0 Å². The highest BCUT2D eigenvalue weighted by atomic mass is 16.3. The Labute approximate surface area is 97.5 Å². The molecule has 0 spiro atoms. The van der Waals surface area contributed by atoms with E-state index in [1.807, 2.05) is 13.0 Å². The molecule has 0 aliphatic rings. The van der Waals surface area contributed by atoms with Gasteiger partial charge in [0.1, 0.15) is 5.76 Å². The van der Waals surface area contributed by atoms with E-state index in [0.29, 0.717) is 11.1 Å². The number of aliphatic hydroxyl groups is 1. The molecule has 0 saturated heterocycles. The van der Waals surface area contributed by atoms with Gasteiger partial charge in [-0.15, -0.1) is 0 Å². The van der Waals surface area contributed by atoms with E-state index in [0.717, 1.165) is 5.57 Å². The molecule has 0 aromatic carbocycles. The first kappa shape index (κ1) is 13.8. The zero-order chi connectivity index (χ0) is 12.6. The monoisotopic (exact) mass is 212 g/mol. The SMILES string of the molecule is C=C(C)/C=C\C(=C)C#CC(=C)/C=C\C(=C)O. The Morgan fingerprint density at radius 2 is 1.31 bits per heavy atom. The second-order valence-corrected chi connectivity index (χ2v) is 3.30. The van der Waals surface area contributed by atoms with Gasteiger partial charge < -0.3 is 5.11 Å². The molecule has 16 heavy (non-hydrogen) atoms. The van der Waals surface area contributed by atoms with Crippen molar-refractivity contribution in [2.45, 2.75) is 6.92 Å². The Hall–Kier alpha value is -2.20. The highest BCUT2D eigenvalue weighted by molar-refractivity contribution is 5.45. The maximum atomic E-state index is 8.81. The van der Waals surface area contributed by atoms with E-state index in [-0.39, 0.29) is 5.76 Å². The second kappa shape index (κ2) is 7.14. The second-order valence-electron chi connectivity index (χ2n) is 3.30. The van der Waals surface area contributed by atoms with Crippen LogP contribution in [0.4, 0.5) is 0 Å². The molecule has 0 bridgehead atoms. The lowest BCUT2D eigenvalue weighted by Gasteiger charge is -1.88. The summed E-state index contributed by atoms with van der Waals surface area (Å²) >= 11 is 0. The summed E-state index contributed by atoms with van der Waals surface area (Å²) in [6.45, 7) is 16.4. The number of hydrogen-bond acceptors (Lipinski definition) is 1. The molecule has 0 saturated carbocycles. The molecule has 1 N–H and O–H groups in total. The summed E-state index contributed by atoms with van der Waals surface area (Å²) in [5, 5.41) is 8.81. The molecule has 1 nitrogen and oxygen atoms in total. The van der Waals surface area contributed by atoms with Crippen molar-refractivity contribution in [3.63, 3.8) is 0 Å². The fourth-order valence-corrected chi connectivity index (χ4v) is 0.684. The van der Waals surface area contributed by atoms with Gasteiger partial charge in [0.2, 0.25) is 0 Å². The number of allylic oxidation sites excluding steroid dienone is 7. The van der Waals surface area contributed by atoms with Gasteiger partial charge in [-0.3, -0.25) is 0 Å². The van der Waals surface area contributed by atoms with Crippen molar-refractivity contribution in [1.82, 2.24) is 0 Å². The summed E-state index contributed by atoms with van der Waals surface area (Å²) < 4.78 is 0. The lowest BCUT2D eigenvalue weighted by molar-refractivity contribution is 0.435. The summed E-state index contributed by atoms with van der Waals surface area (Å²) in [4.78, 5) is 0. The number of aliphatic hydroxyl groups excluding tert-OH is 1. The molecule has 0 atom stereocenters. The highest BCUT2D eigenvalue weighted by Gasteiger charge is 1.83. The van der Waals surface area contributed by atoms with Crippen molar-refractivity contribution >= 4 is 0 Å². The van der Waals surface area contributed by atoms with Crippen molar-refractivity contribution in [2.75, 3.05) is 0 Å². The van der Waals surface area contributed by atoms with Crippen molar-refractivity contribution in [2.24, 2.45) is 0 Å². The summed E-state index contributed by atoms with van der Waals surface area (Å²) in [6, 6.07) is 0. The molecule has 0 radical (unpaired) electrons. The predicted molar refractivity (Wildman–Crippen MR) is 70.9 cm³/mol. The van der Waals surface area contributed by atoms with Crippen molar-refractivity contribution in [1.29, 1.82) is 0 Å². The largest absolute Gasteiger partial charge is 0.509 e. The Morgan fingerprint density at radius 3 is 1.69 bits per heavy atom. The molecule has 0 aromatic rings. The Morgan fingerprint density at radius 1 is 0.875 bits per heavy atom. The average Bonchev–Trinajstić information content (AvgIpc) is 2.20. The molecular weight excluding hydrogens is 196 g/mol. The third kappa shape index (κ3) is 8.40. The Bertz CT molecular complexity index is 394. The van der Waals surface area contributed by atoms with Crippen LogP contribution in [0.15, 0.2) is 73.1 Å². The van der Waals surface area contributed by atoms with E-state index in [9.17, 15) is 0 Å². The first-order valence-corrected chi connectivity index (χ1v) is 4.71. The minimum absolute atomic E-state index is 0.0241. The van der Waals surface area contributed by atoms with E-state index in [1.165, 1.54) is 6.08 Å². The summed E-state index contributed by atoms with van der Waals surface area (Å²) in [6.07, 6.45) is 6.65. The van der Waals surface area contributed by atoms with Crippen LogP contribution in [-0.4, -0.2) is 5.11 Å². The van der Waals surface area contributed by atoms with Crippen LogP contribution in [0, 0.1) is 11.8 Å². The molecule has 0 aliphatic carbocycles. The van der Waals surface area contributed by atoms with Crippen LogP contribution in [-0.2, 0) is 0 Å². The molecule has 0 aliphatic heterocycles. The average molecular weight is 212 g/mol. The molecular formula is C15H16O. The third-order valence-corrected chi connectivity index (χ3v) is 1.43. The number of rotatable bonds is 4. The van der Waals surface area contributed by atoms with Gasteiger partial charge in [-0.1, -0.05) is 49.8 Å². The van der Waals surface area contributed by atoms with Gasteiger partial charge in [-0.25, -0.2) is 0 Å². The van der Waals surface area contributed by atoms with Gasteiger partial charge in [0.25, 0.3) is 0 Å². The van der Waals surface area contributed by atoms with Crippen LogP contribution in [0.5, 0.6) is 0 Å². The van der Waals surface area contributed by atoms with E-state index >= 15 is 0 Å². The Kier molecular flexibility index (Phi) is 6.16. The minimum atomic E-state index is -0.0241. The molecule has 82 valence electrons. The van der Waals surface area contributed by atoms with E-state index < -0.39 is 0 Å². The van der Waals surface area contributed by atoms with Crippen LogP contribution in [0.1, 0.15) is 6.92 Å². The topological polar surface area (TPSA) is 20.2 Å². The minimum Gasteiger partial charge on any atom is -0.509 e. The molecule has 0 aromatic heterocycles. The summed E-state index contributed by atoms with van der Waals surface area (Å²) in [5.41, 5.74) is 2.21. The fourth-order valence-electron chi connectivity index (χ4n) is 0.684. The first-order valence-electron chi connectivity index (χ1n) is 4.71. The van der Waals surface area contributed by atoms with Crippen LogP contribution in [0.3, 0.4) is 0 Å². The summed E-state index contributed by atoms with van der Waals surface area (Å²) in [5.74, 6) is 5.60. The molecule has 0 fully saturated rings. The van der Waals surface area contributed by atoms with Gasteiger partial charge in [-0.2, -0.15) is 0 Å². The predicted octanol–water partition coefficient (Wildman–Crippen LogP) is 3.86. The van der Waals surface area contributed by atoms with E-state index in [4.69, 9.17) is 5.11 Å². The smallest absolute Gasteiger partial charge is 0.108 e. The van der Waals surface area contributed by atoms with Crippen molar-refractivity contribution in [3.8, 4) is 11.8 Å². The van der Waals surface area contributed by atoms with Gasteiger partial charge in [0.05, 0.1) is 0 Å². The molecule has 0 heterocycles. The zero-order valence-electron chi connectivity index (χ0n) is 9.59. The van der Waals surface area contributed by atoms with Crippen LogP contribution < -0.4 is 0 Å². The quantitative estimate of drug-likeness (QED) is 0.426. The molecule has 1 heteroatoms. The van der Waals surface area contributed by atoms with E-state index in [1.54, 1.807) is 12.2 Å². The van der Waals surface area contributed by atoms with Crippen LogP contribution in [0.2, 0.25) is 0 Å². The maximum absolute atomic E-state index is 8.81. The molecule has 0 amide bonds. The number of hydrogen-bond donors (Lipinski definition) is 1. The van der Waals surface area contributed by atoms with Crippen LogP contribution in [0.25, 0.3) is 0 Å². The molecule has 0 unspecified atom stereocenters. The summed E-state index contributed by atoms with van der Waals surface area (Å²) in [7, 11) is 0. The molecule has 0 rings (SSSR count). The fraction of sp³-hybridized carbons (Fsp3) is 0.0667. The standard InChI is InChI=1S/C15H16O/c1-12(2)6-7-13(3)8-9-14(4)10-11-15(5)16/h6-7,10-11,16H,1,3-5H2,2H3/b7-6-,11-10-. The normalized spacial score (nSPS) is 9.81.